The highest BCUT2D eigenvalue weighted by molar-refractivity contribution is 7.90. The lowest BCUT2D eigenvalue weighted by Gasteiger charge is -2.12. The standard InChI is InChI=1S/C13H22N2O6S2/c1-11-4-5-12(22(16,17)14-6-8-20-2)10-13(11)23(18,19)15-7-9-21-3/h4-5,10,14-15H,6-9H2,1-3H3. The maximum Gasteiger partial charge on any atom is 0.240 e. The molecule has 0 radical (unpaired) electrons. The summed E-state index contributed by atoms with van der Waals surface area (Å²) in [6, 6.07) is 3.95. The molecule has 1 aromatic carbocycles. The molecule has 0 aliphatic carbocycles. The summed E-state index contributed by atoms with van der Waals surface area (Å²) >= 11 is 0. The fourth-order valence-electron chi connectivity index (χ4n) is 1.75. The highest BCUT2D eigenvalue weighted by Gasteiger charge is 2.21. The molecule has 1 aromatic rings. The highest BCUT2D eigenvalue weighted by atomic mass is 32.2. The van der Waals surface area contributed by atoms with Crippen molar-refractivity contribution < 1.29 is 26.3 Å². The van der Waals surface area contributed by atoms with E-state index in [1.165, 1.54) is 26.4 Å². The molecule has 0 aromatic heterocycles. The summed E-state index contributed by atoms with van der Waals surface area (Å²) in [5.41, 5.74) is 0.450. The number of rotatable bonds is 10. The SMILES string of the molecule is COCCNS(=O)(=O)c1ccc(C)c(S(=O)(=O)NCCOC)c1. The molecule has 0 aliphatic heterocycles. The van der Waals surface area contributed by atoms with Crippen LogP contribution in [0.4, 0.5) is 0 Å². The van der Waals surface area contributed by atoms with Gasteiger partial charge in [0.25, 0.3) is 0 Å². The maximum atomic E-state index is 12.3. The van der Waals surface area contributed by atoms with Crippen molar-refractivity contribution in [3.63, 3.8) is 0 Å². The number of aryl methyl sites for hydroxylation is 1. The van der Waals surface area contributed by atoms with Crippen LogP contribution in [0.2, 0.25) is 0 Å². The second kappa shape index (κ2) is 8.71. The molecule has 1 rings (SSSR count). The van der Waals surface area contributed by atoms with Crippen LogP contribution in [0.5, 0.6) is 0 Å². The molecule has 0 spiro atoms. The Morgan fingerprint density at radius 2 is 1.43 bits per heavy atom. The zero-order chi connectivity index (χ0) is 17.5. The smallest absolute Gasteiger partial charge is 0.240 e. The first-order valence-corrected chi connectivity index (χ1v) is 9.79. The molecule has 0 fully saturated rings. The zero-order valence-electron chi connectivity index (χ0n) is 13.3. The van der Waals surface area contributed by atoms with E-state index >= 15 is 0 Å². The second-order valence-corrected chi connectivity index (χ2v) is 8.21. The van der Waals surface area contributed by atoms with Gasteiger partial charge < -0.3 is 9.47 Å². The van der Waals surface area contributed by atoms with Crippen molar-refractivity contribution >= 4 is 20.0 Å². The van der Waals surface area contributed by atoms with Gasteiger partial charge in [0.2, 0.25) is 20.0 Å². The molecule has 132 valence electrons. The van der Waals surface area contributed by atoms with Crippen molar-refractivity contribution in [1.29, 1.82) is 0 Å². The number of methoxy groups -OCH3 is 2. The van der Waals surface area contributed by atoms with E-state index in [4.69, 9.17) is 9.47 Å². The van der Waals surface area contributed by atoms with Gasteiger partial charge in [-0.3, -0.25) is 0 Å². The summed E-state index contributed by atoms with van der Waals surface area (Å²) in [7, 11) is -4.71. The first kappa shape index (κ1) is 20.0. The lowest BCUT2D eigenvalue weighted by molar-refractivity contribution is 0.204. The summed E-state index contributed by atoms with van der Waals surface area (Å²) in [5, 5.41) is 0. The number of ether oxygens (including phenoxy) is 2. The maximum absolute atomic E-state index is 12.3. The Kier molecular flexibility index (Phi) is 7.58. The monoisotopic (exact) mass is 366 g/mol. The van der Waals surface area contributed by atoms with Gasteiger partial charge in [-0.25, -0.2) is 26.3 Å². The topological polar surface area (TPSA) is 111 Å². The molecule has 2 N–H and O–H groups in total. The van der Waals surface area contributed by atoms with E-state index < -0.39 is 20.0 Å². The molecule has 10 heteroatoms. The fourth-order valence-corrected chi connectivity index (χ4v) is 4.15. The number of sulfonamides is 2. The molecule has 23 heavy (non-hydrogen) atoms. The quantitative estimate of drug-likeness (QED) is 0.557. The molecule has 0 amide bonds. The average Bonchev–Trinajstić information content (AvgIpc) is 2.47. The first-order chi connectivity index (χ1) is 10.7. The van der Waals surface area contributed by atoms with Gasteiger partial charge in [-0.05, 0) is 24.6 Å². The van der Waals surface area contributed by atoms with Gasteiger partial charge in [0.05, 0.1) is 23.0 Å². The fraction of sp³-hybridized carbons (Fsp3) is 0.538. The number of benzene rings is 1. The Balaban J connectivity index is 3.08. The van der Waals surface area contributed by atoms with Gasteiger partial charge in [-0.2, -0.15) is 0 Å². The summed E-state index contributed by atoms with van der Waals surface area (Å²) in [6.07, 6.45) is 0. The van der Waals surface area contributed by atoms with Crippen LogP contribution < -0.4 is 9.44 Å². The minimum absolute atomic E-state index is 0.0804. The lowest BCUT2D eigenvalue weighted by atomic mass is 10.2. The Morgan fingerprint density at radius 3 is 1.96 bits per heavy atom. The van der Waals surface area contributed by atoms with Gasteiger partial charge in [-0.1, -0.05) is 6.07 Å². The van der Waals surface area contributed by atoms with E-state index in [-0.39, 0.29) is 36.1 Å². The molecule has 0 saturated carbocycles. The molecule has 0 bridgehead atoms. The van der Waals surface area contributed by atoms with E-state index in [9.17, 15) is 16.8 Å². The zero-order valence-corrected chi connectivity index (χ0v) is 15.0. The van der Waals surface area contributed by atoms with Crippen LogP contribution >= 0.6 is 0 Å². The first-order valence-electron chi connectivity index (χ1n) is 6.82. The van der Waals surface area contributed by atoms with Crippen LogP contribution in [0.25, 0.3) is 0 Å². The van der Waals surface area contributed by atoms with E-state index in [1.807, 2.05) is 0 Å². The third-order valence-corrected chi connectivity index (χ3v) is 6.02. The van der Waals surface area contributed by atoms with Crippen LogP contribution in [-0.2, 0) is 29.5 Å². The molecule has 0 saturated heterocycles. The van der Waals surface area contributed by atoms with Crippen molar-refractivity contribution in [2.24, 2.45) is 0 Å². The van der Waals surface area contributed by atoms with E-state index in [0.717, 1.165) is 6.07 Å². The minimum atomic E-state index is -3.82. The van der Waals surface area contributed by atoms with Crippen LogP contribution in [0.3, 0.4) is 0 Å². The van der Waals surface area contributed by atoms with Crippen molar-refractivity contribution in [3.05, 3.63) is 23.8 Å². The second-order valence-electron chi connectivity index (χ2n) is 4.71. The van der Waals surface area contributed by atoms with Gasteiger partial charge in [0, 0.05) is 27.3 Å². The predicted octanol–water partition coefficient (Wildman–Crippen LogP) is -0.156. The van der Waals surface area contributed by atoms with Crippen LogP contribution in [-0.4, -0.2) is 57.4 Å². The molecule has 0 aliphatic rings. The highest BCUT2D eigenvalue weighted by Crippen LogP contribution is 2.20. The van der Waals surface area contributed by atoms with Crippen molar-refractivity contribution in [1.82, 2.24) is 9.44 Å². The lowest BCUT2D eigenvalue weighted by Crippen LogP contribution is -2.29. The summed E-state index contributed by atoms with van der Waals surface area (Å²) in [5.74, 6) is 0. The number of hydrogen-bond donors (Lipinski definition) is 2. The molecular formula is C13H22N2O6S2. The number of nitrogens with one attached hydrogen (secondary N) is 2. The Labute approximate surface area is 137 Å². The molecule has 0 atom stereocenters. The molecule has 0 heterocycles. The van der Waals surface area contributed by atoms with Gasteiger partial charge in [-0.15, -0.1) is 0 Å². The van der Waals surface area contributed by atoms with Crippen molar-refractivity contribution in [2.75, 3.05) is 40.5 Å². The molecular weight excluding hydrogens is 344 g/mol. The third kappa shape index (κ3) is 5.83. The largest absolute Gasteiger partial charge is 0.383 e. The van der Waals surface area contributed by atoms with Crippen molar-refractivity contribution in [3.8, 4) is 0 Å². The Morgan fingerprint density at radius 1 is 0.913 bits per heavy atom. The Bertz CT molecular complexity index is 716. The van der Waals surface area contributed by atoms with E-state index in [2.05, 4.69) is 9.44 Å². The normalized spacial score (nSPS) is 12.5. The Hall–Kier alpha value is -1.04. The molecule has 8 nitrogen and oxygen atoms in total. The summed E-state index contributed by atoms with van der Waals surface area (Å²) < 4.78 is 63.1. The average molecular weight is 366 g/mol. The molecule has 0 unspecified atom stereocenters. The van der Waals surface area contributed by atoms with E-state index in [0.29, 0.717) is 5.56 Å². The predicted molar refractivity (Wildman–Crippen MR) is 85.3 cm³/mol. The van der Waals surface area contributed by atoms with E-state index in [1.54, 1.807) is 6.92 Å². The van der Waals surface area contributed by atoms with Crippen molar-refractivity contribution in [2.45, 2.75) is 16.7 Å². The minimum Gasteiger partial charge on any atom is -0.383 e. The van der Waals surface area contributed by atoms with Crippen LogP contribution in [0, 0.1) is 6.92 Å². The van der Waals surface area contributed by atoms with Crippen LogP contribution in [0.1, 0.15) is 5.56 Å². The van der Waals surface area contributed by atoms with Gasteiger partial charge >= 0.3 is 0 Å². The number of hydrogen-bond acceptors (Lipinski definition) is 6. The van der Waals surface area contributed by atoms with Gasteiger partial charge in [0.15, 0.2) is 0 Å². The summed E-state index contributed by atoms with van der Waals surface area (Å²) in [4.78, 5) is -0.200. The van der Waals surface area contributed by atoms with Crippen LogP contribution in [0.15, 0.2) is 28.0 Å². The third-order valence-electron chi connectivity index (χ3n) is 2.96. The summed E-state index contributed by atoms with van der Waals surface area (Å²) in [6.45, 7) is 2.23. The van der Waals surface area contributed by atoms with Gasteiger partial charge in [0.1, 0.15) is 0 Å².